The van der Waals surface area contributed by atoms with Crippen LogP contribution in [0.25, 0.3) is 0 Å². The first-order chi connectivity index (χ1) is 6.38. The van der Waals surface area contributed by atoms with Crippen molar-refractivity contribution in [1.82, 2.24) is 15.0 Å². The Kier molecular flexibility index (Phi) is 4.90. The smallest absolute Gasteiger partial charge is 0.0725 e. The molecule has 3 nitrogen and oxygen atoms in total. The van der Waals surface area contributed by atoms with E-state index in [1.807, 2.05) is 22.6 Å². The largest absolute Gasteiger partial charge is 0.249 e. The lowest BCUT2D eigenvalue weighted by Gasteiger charge is -2.03. The summed E-state index contributed by atoms with van der Waals surface area (Å²) in [6.07, 6.45) is 7.49. The van der Waals surface area contributed by atoms with Gasteiger partial charge in [0.1, 0.15) is 0 Å². The summed E-state index contributed by atoms with van der Waals surface area (Å²) in [7, 11) is 0. The molecular formula is C9H17N3S. The minimum absolute atomic E-state index is 1.01. The molecule has 0 aromatic carbocycles. The average Bonchev–Trinajstić information content (AvgIpc) is 2.59. The molecule has 0 fully saturated rings. The molecule has 0 N–H and O–H groups in total. The quantitative estimate of drug-likeness (QED) is 0.702. The highest BCUT2D eigenvalue weighted by molar-refractivity contribution is 7.98. The number of rotatable bonds is 6. The third-order valence-electron chi connectivity index (χ3n) is 1.98. The molecule has 0 radical (unpaired) electrons. The van der Waals surface area contributed by atoms with Crippen molar-refractivity contribution >= 4 is 11.8 Å². The predicted molar refractivity (Wildman–Crippen MR) is 57.0 cm³/mol. The molecule has 74 valence electrons. The minimum Gasteiger partial charge on any atom is -0.249 e. The topological polar surface area (TPSA) is 30.7 Å². The van der Waals surface area contributed by atoms with Gasteiger partial charge in [-0.05, 0) is 18.4 Å². The standard InChI is InChI=1S/C9H17N3S/c1-3-4-6-12-9(5-7-13-2)8-10-11-12/h8H,3-7H2,1-2H3. The molecular weight excluding hydrogens is 182 g/mol. The predicted octanol–water partition coefficient (Wildman–Crippen LogP) is 1.98. The van der Waals surface area contributed by atoms with Crippen molar-refractivity contribution in [3.63, 3.8) is 0 Å². The Morgan fingerprint density at radius 3 is 3.08 bits per heavy atom. The van der Waals surface area contributed by atoms with Crippen molar-refractivity contribution in [1.29, 1.82) is 0 Å². The molecule has 0 unspecified atom stereocenters. The first kappa shape index (κ1) is 10.6. The average molecular weight is 199 g/mol. The van der Waals surface area contributed by atoms with Crippen LogP contribution in [0.1, 0.15) is 25.5 Å². The summed E-state index contributed by atoms with van der Waals surface area (Å²) in [5, 5.41) is 8.00. The molecule has 0 aliphatic carbocycles. The molecule has 0 saturated carbocycles. The second-order valence-electron chi connectivity index (χ2n) is 3.04. The molecule has 13 heavy (non-hydrogen) atoms. The molecule has 0 aliphatic heterocycles. The molecule has 0 saturated heterocycles. The van der Waals surface area contributed by atoms with E-state index in [-0.39, 0.29) is 0 Å². The fourth-order valence-corrected chi connectivity index (χ4v) is 1.59. The van der Waals surface area contributed by atoms with Crippen LogP contribution in [0.2, 0.25) is 0 Å². The Bertz CT molecular complexity index is 212. The summed E-state index contributed by atoms with van der Waals surface area (Å²) < 4.78 is 2.03. The molecule has 0 spiro atoms. The number of unbranched alkanes of at least 4 members (excludes halogenated alkanes) is 1. The summed E-state index contributed by atoms with van der Waals surface area (Å²) in [6, 6.07) is 0. The van der Waals surface area contributed by atoms with Crippen LogP contribution in [0, 0.1) is 0 Å². The lowest BCUT2D eigenvalue weighted by atomic mass is 10.3. The normalized spacial score (nSPS) is 10.6. The number of thioether (sulfide) groups is 1. The minimum atomic E-state index is 1.01. The van der Waals surface area contributed by atoms with Gasteiger partial charge in [-0.1, -0.05) is 18.6 Å². The van der Waals surface area contributed by atoms with Gasteiger partial charge in [0.05, 0.1) is 11.9 Å². The van der Waals surface area contributed by atoms with Crippen LogP contribution >= 0.6 is 11.8 Å². The molecule has 1 heterocycles. The van der Waals surface area contributed by atoms with Gasteiger partial charge in [-0.2, -0.15) is 11.8 Å². The van der Waals surface area contributed by atoms with Gasteiger partial charge in [-0.3, -0.25) is 0 Å². The van der Waals surface area contributed by atoms with Gasteiger partial charge in [0.2, 0.25) is 0 Å². The summed E-state index contributed by atoms with van der Waals surface area (Å²) in [4.78, 5) is 0. The highest BCUT2D eigenvalue weighted by atomic mass is 32.2. The van der Waals surface area contributed by atoms with Crippen molar-refractivity contribution in [2.75, 3.05) is 12.0 Å². The van der Waals surface area contributed by atoms with Crippen molar-refractivity contribution in [3.8, 4) is 0 Å². The fraction of sp³-hybridized carbons (Fsp3) is 0.778. The van der Waals surface area contributed by atoms with Gasteiger partial charge in [0, 0.05) is 13.0 Å². The second kappa shape index (κ2) is 6.02. The van der Waals surface area contributed by atoms with E-state index in [9.17, 15) is 0 Å². The Balaban J connectivity index is 2.45. The lowest BCUT2D eigenvalue weighted by Crippen LogP contribution is -2.05. The van der Waals surface area contributed by atoms with Gasteiger partial charge >= 0.3 is 0 Å². The van der Waals surface area contributed by atoms with Gasteiger partial charge in [-0.15, -0.1) is 5.10 Å². The molecule has 1 aromatic heterocycles. The van der Waals surface area contributed by atoms with E-state index >= 15 is 0 Å². The Labute approximate surface area is 83.9 Å². The summed E-state index contributed by atoms with van der Waals surface area (Å²) in [5.41, 5.74) is 1.27. The molecule has 1 rings (SSSR count). The maximum atomic E-state index is 4.06. The van der Waals surface area contributed by atoms with Gasteiger partial charge in [-0.25, -0.2) is 4.68 Å². The van der Waals surface area contributed by atoms with E-state index in [0.717, 1.165) is 18.7 Å². The second-order valence-corrected chi connectivity index (χ2v) is 4.03. The van der Waals surface area contributed by atoms with Gasteiger partial charge in [0.25, 0.3) is 0 Å². The van der Waals surface area contributed by atoms with E-state index < -0.39 is 0 Å². The molecule has 0 bridgehead atoms. The number of hydrogen-bond donors (Lipinski definition) is 0. The number of nitrogens with zero attached hydrogens (tertiary/aromatic N) is 3. The lowest BCUT2D eigenvalue weighted by molar-refractivity contribution is 0.535. The SMILES string of the molecule is CCCCn1nncc1CCSC. The summed E-state index contributed by atoms with van der Waals surface area (Å²) in [5.74, 6) is 1.15. The zero-order chi connectivity index (χ0) is 9.52. The van der Waals surface area contributed by atoms with Crippen molar-refractivity contribution in [2.45, 2.75) is 32.7 Å². The number of aromatic nitrogens is 3. The van der Waals surface area contributed by atoms with Gasteiger partial charge in [0.15, 0.2) is 0 Å². The highest BCUT2D eigenvalue weighted by Crippen LogP contribution is 2.04. The molecule has 0 aliphatic rings. The van der Waals surface area contributed by atoms with Crippen molar-refractivity contribution < 1.29 is 0 Å². The number of hydrogen-bond acceptors (Lipinski definition) is 3. The van der Waals surface area contributed by atoms with E-state index in [1.54, 1.807) is 0 Å². The third kappa shape index (κ3) is 3.38. The van der Waals surface area contributed by atoms with Crippen LogP contribution in [-0.4, -0.2) is 27.0 Å². The summed E-state index contributed by atoms with van der Waals surface area (Å²) in [6.45, 7) is 3.21. The molecule has 0 atom stereocenters. The van der Waals surface area contributed by atoms with Gasteiger partial charge < -0.3 is 0 Å². The molecule has 4 heteroatoms. The zero-order valence-corrected chi connectivity index (χ0v) is 9.18. The van der Waals surface area contributed by atoms with Crippen LogP contribution in [0.3, 0.4) is 0 Å². The Hall–Kier alpha value is -0.510. The monoisotopic (exact) mass is 199 g/mol. The first-order valence-corrected chi connectivity index (χ1v) is 6.14. The Morgan fingerprint density at radius 2 is 2.38 bits per heavy atom. The van der Waals surface area contributed by atoms with Crippen LogP contribution in [0.5, 0.6) is 0 Å². The molecule has 0 amide bonds. The van der Waals surface area contributed by atoms with E-state index in [4.69, 9.17) is 0 Å². The van der Waals surface area contributed by atoms with E-state index in [0.29, 0.717) is 0 Å². The molecule has 1 aromatic rings. The maximum absolute atomic E-state index is 4.06. The fourth-order valence-electron chi connectivity index (χ4n) is 1.18. The number of aryl methyl sites for hydroxylation is 2. The van der Waals surface area contributed by atoms with Crippen molar-refractivity contribution in [2.24, 2.45) is 0 Å². The summed E-state index contributed by atoms with van der Waals surface area (Å²) >= 11 is 1.86. The van der Waals surface area contributed by atoms with E-state index in [2.05, 4.69) is 23.5 Å². The van der Waals surface area contributed by atoms with Crippen molar-refractivity contribution in [3.05, 3.63) is 11.9 Å². The van der Waals surface area contributed by atoms with Crippen LogP contribution in [0.15, 0.2) is 6.20 Å². The zero-order valence-electron chi connectivity index (χ0n) is 8.36. The Morgan fingerprint density at radius 1 is 1.54 bits per heavy atom. The van der Waals surface area contributed by atoms with E-state index in [1.165, 1.54) is 18.5 Å². The first-order valence-electron chi connectivity index (χ1n) is 4.74. The highest BCUT2D eigenvalue weighted by Gasteiger charge is 2.01. The maximum Gasteiger partial charge on any atom is 0.0725 e. The van der Waals surface area contributed by atoms with Crippen LogP contribution in [0.4, 0.5) is 0 Å². The third-order valence-corrected chi connectivity index (χ3v) is 2.60. The van der Waals surface area contributed by atoms with Crippen LogP contribution in [-0.2, 0) is 13.0 Å². The van der Waals surface area contributed by atoms with Crippen LogP contribution < -0.4 is 0 Å².